The second-order valence-corrected chi connectivity index (χ2v) is 5.80. The van der Waals surface area contributed by atoms with Gasteiger partial charge in [-0.1, -0.05) is 43.3 Å². The van der Waals surface area contributed by atoms with E-state index >= 15 is 0 Å². The molecule has 0 aliphatic rings. The molecule has 7 nitrogen and oxygen atoms in total. The minimum Gasteiger partial charge on any atom is -0.394 e. The molecule has 1 unspecified atom stereocenters. The molecule has 0 amide bonds. The quantitative estimate of drug-likeness (QED) is 0.638. The van der Waals surface area contributed by atoms with E-state index in [4.69, 9.17) is 0 Å². The van der Waals surface area contributed by atoms with Gasteiger partial charge >= 0.3 is 5.69 Å². The summed E-state index contributed by atoms with van der Waals surface area (Å²) in [5.41, 5.74) is 1.82. The van der Waals surface area contributed by atoms with Gasteiger partial charge in [-0.05, 0) is 18.1 Å². The van der Waals surface area contributed by atoms with E-state index < -0.39 is 5.69 Å². The third-order valence-corrected chi connectivity index (χ3v) is 4.04. The molecular formula is C18H21N5O2. The highest BCUT2D eigenvalue weighted by molar-refractivity contribution is 5.85. The SMILES string of the molecule is CCC(CO)Nc1nc(=O)n(C)c2nc(/C=C/c3ccccc3)[nH]c12. The zero-order valence-electron chi connectivity index (χ0n) is 14.2. The molecule has 0 aliphatic heterocycles. The van der Waals surface area contributed by atoms with Crippen molar-refractivity contribution in [2.45, 2.75) is 19.4 Å². The average molecular weight is 339 g/mol. The molecular weight excluding hydrogens is 318 g/mol. The monoisotopic (exact) mass is 339 g/mol. The van der Waals surface area contributed by atoms with Crippen LogP contribution in [0.3, 0.4) is 0 Å². The number of aryl methyl sites for hydroxylation is 1. The molecule has 0 bridgehead atoms. The fourth-order valence-electron chi connectivity index (χ4n) is 2.50. The first-order chi connectivity index (χ1) is 12.1. The number of aliphatic hydroxyl groups is 1. The highest BCUT2D eigenvalue weighted by atomic mass is 16.3. The fraction of sp³-hybridized carbons (Fsp3) is 0.278. The van der Waals surface area contributed by atoms with Gasteiger partial charge in [0.05, 0.1) is 12.6 Å². The molecule has 0 radical (unpaired) electrons. The van der Waals surface area contributed by atoms with Crippen LogP contribution in [0.15, 0.2) is 35.1 Å². The van der Waals surface area contributed by atoms with E-state index in [1.165, 1.54) is 4.57 Å². The molecule has 1 atom stereocenters. The van der Waals surface area contributed by atoms with Gasteiger partial charge in [-0.15, -0.1) is 0 Å². The van der Waals surface area contributed by atoms with Crippen molar-refractivity contribution in [3.8, 4) is 0 Å². The van der Waals surface area contributed by atoms with E-state index in [-0.39, 0.29) is 12.6 Å². The second kappa shape index (κ2) is 7.31. The first kappa shape index (κ1) is 16.9. The van der Waals surface area contributed by atoms with Gasteiger partial charge in [0.2, 0.25) is 0 Å². The predicted octanol–water partition coefficient (Wildman–Crippen LogP) is 2.01. The Morgan fingerprint density at radius 3 is 2.72 bits per heavy atom. The van der Waals surface area contributed by atoms with Crippen LogP contribution < -0.4 is 11.0 Å². The summed E-state index contributed by atoms with van der Waals surface area (Å²) in [7, 11) is 1.64. The van der Waals surface area contributed by atoms with Crippen LogP contribution in [0.2, 0.25) is 0 Å². The maximum absolute atomic E-state index is 12.1. The van der Waals surface area contributed by atoms with Crippen LogP contribution in [0, 0.1) is 0 Å². The van der Waals surface area contributed by atoms with Gasteiger partial charge in [0, 0.05) is 7.05 Å². The van der Waals surface area contributed by atoms with E-state index in [1.54, 1.807) is 7.05 Å². The summed E-state index contributed by atoms with van der Waals surface area (Å²) >= 11 is 0. The van der Waals surface area contributed by atoms with Crippen molar-refractivity contribution >= 4 is 29.1 Å². The Balaban J connectivity index is 2.02. The number of aliphatic hydroxyl groups excluding tert-OH is 1. The lowest BCUT2D eigenvalue weighted by molar-refractivity contribution is 0.271. The van der Waals surface area contributed by atoms with Crippen LogP contribution in [0.5, 0.6) is 0 Å². The van der Waals surface area contributed by atoms with Gasteiger partial charge in [0.1, 0.15) is 11.3 Å². The summed E-state index contributed by atoms with van der Waals surface area (Å²) in [6.07, 6.45) is 4.51. The zero-order chi connectivity index (χ0) is 17.8. The molecule has 7 heteroatoms. The van der Waals surface area contributed by atoms with Gasteiger partial charge in [0.25, 0.3) is 0 Å². The smallest absolute Gasteiger partial charge is 0.351 e. The number of nitrogens with one attached hydrogen (secondary N) is 2. The van der Waals surface area contributed by atoms with E-state index in [2.05, 4.69) is 20.3 Å². The molecule has 0 saturated heterocycles. The molecule has 130 valence electrons. The van der Waals surface area contributed by atoms with Gasteiger partial charge in [-0.25, -0.2) is 9.78 Å². The summed E-state index contributed by atoms with van der Waals surface area (Å²) in [5, 5.41) is 12.5. The van der Waals surface area contributed by atoms with Crippen molar-refractivity contribution < 1.29 is 5.11 Å². The van der Waals surface area contributed by atoms with Crippen molar-refractivity contribution in [2.24, 2.45) is 7.05 Å². The van der Waals surface area contributed by atoms with Crippen LogP contribution in [0.25, 0.3) is 23.3 Å². The normalized spacial score (nSPS) is 12.8. The third kappa shape index (κ3) is 3.61. The third-order valence-electron chi connectivity index (χ3n) is 4.04. The van der Waals surface area contributed by atoms with Crippen LogP contribution in [-0.2, 0) is 7.05 Å². The number of rotatable bonds is 6. The largest absolute Gasteiger partial charge is 0.394 e. The first-order valence-corrected chi connectivity index (χ1v) is 8.19. The van der Waals surface area contributed by atoms with Crippen LogP contribution in [0.4, 0.5) is 5.82 Å². The number of hydrogen-bond acceptors (Lipinski definition) is 5. The number of aromatic nitrogens is 4. The van der Waals surface area contributed by atoms with E-state index in [0.29, 0.717) is 29.2 Å². The molecule has 0 aliphatic carbocycles. The van der Waals surface area contributed by atoms with E-state index in [1.807, 2.05) is 49.4 Å². The van der Waals surface area contributed by atoms with Gasteiger partial charge < -0.3 is 15.4 Å². The number of hydrogen-bond donors (Lipinski definition) is 3. The van der Waals surface area contributed by atoms with Crippen molar-refractivity contribution in [2.75, 3.05) is 11.9 Å². The minimum atomic E-state index is -0.395. The molecule has 1 aromatic carbocycles. The zero-order valence-corrected chi connectivity index (χ0v) is 14.2. The first-order valence-electron chi connectivity index (χ1n) is 8.19. The number of nitrogens with zero attached hydrogens (tertiary/aromatic N) is 3. The molecule has 3 rings (SSSR count). The number of H-pyrrole nitrogens is 1. The van der Waals surface area contributed by atoms with Gasteiger partial charge in [-0.2, -0.15) is 4.98 Å². The average Bonchev–Trinajstić information content (AvgIpc) is 3.07. The number of benzene rings is 1. The Labute approximate surface area is 145 Å². The second-order valence-electron chi connectivity index (χ2n) is 5.80. The lowest BCUT2D eigenvalue weighted by Gasteiger charge is -2.15. The lowest BCUT2D eigenvalue weighted by atomic mass is 10.2. The van der Waals surface area contributed by atoms with Crippen LogP contribution in [-0.4, -0.2) is 37.3 Å². The molecule has 25 heavy (non-hydrogen) atoms. The van der Waals surface area contributed by atoms with Gasteiger partial charge in [0.15, 0.2) is 11.5 Å². The van der Waals surface area contributed by atoms with Crippen molar-refractivity contribution in [1.82, 2.24) is 19.5 Å². The Hall–Kier alpha value is -2.93. The van der Waals surface area contributed by atoms with E-state index in [0.717, 1.165) is 5.56 Å². The molecule has 0 saturated carbocycles. The molecule has 2 heterocycles. The summed E-state index contributed by atoms with van der Waals surface area (Å²) in [6.45, 7) is 1.91. The fourth-order valence-corrected chi connectivity index (χ4v) is 2.50. The maximum atomic E-state index is 12.1. The molecule has 3 aromatic rings. The molecule has 0 spiro atoms. The number of imidazole rings is 1. The van der Waals surface area contributed by atoms with Crippen molar-refractivity contribution in [3.63, 3.8) is 0 Å². The highest BCUT2D eigenvalue weighted by Gasteiger charge is 2.15. The lowest BCUT2D eigenvalue weighted by Crippen LogP contribution is -2.27. The summed E-state index contributed by atoms with van der Waals surface area (Å²) in [5.74, 6) is 1.04. The van der Waals surface area contributed by atoms with E-state index in [9.17, 15) is 9.90 Å². The van der Waals surface area contributed by atoms with Crippen LogP contribution in [0.1, 0.15) is 24.7 Å². The predicted molar refractivity (Wildman–Crippen MR) is 99.3 cm³/mol. The number of fused-ring (bicyclic) bond motifs is 1. The summed E-state index contributed by atoms with van der Waals surface area (Å²) in [6, 6.07) is 9.71. The standard InChI is InChI=1S/C18H21N5O2/c1-3-13(11-24)19-16-15-17(23(2)18(25)22-16)21-14(20-15)10-9-12-7-5-4-6-8-12/h4-10,13,24H,3,11H2,1-2H3,(H,20,21)(H,19,22,25)/b10-9+. The number of aromatic amines is 1. The molecule has 3 N–H and O–H groups in total. The Kier molecular flexibility index (Phi) is 4.95. The summed E-state index contributed by atoms with van der Waals surface area (Å²) < 4.78 is 1.40. The molecule has 0 fully saturated rings. The van der Waals surface area contributed by atoms with Crippen LogP contribution >= 0.6 is 0 Å². The maximum Gasteiger partial charge on any atom is 0.351 e. The summed E-state index contributed by atoms with van der Waals surface area (Å²) in [4.78, 5) is 23.8. The van der Waals surface area contributed by atoms with Crippen molar-refractivity contribution in [1.29, 1.82) is 0 Å². The highest BCUT2D eigenvalue weighted by Crippen LogP contribution is 2.19. The Morgan fingerprint density at radius 2 is 2.04 bits per heavy atom. The Bertz CT molecular complexity index is 939. The topological polar surface area (TPSA) is 95.8 Å². The van der Waals surface area contributed by atoms with Gasteiger partial charge in [-0.3, -0.25) is 4.57 Å². The number of anilines is 1. The molecule has 2 aromatic heterocycles. The Morgan fingerprint density at radius 1 is 1.28 bits per heavy atom. The minimum absolute atomic E-state index is 0.0379. The van der Waals surface area contributed by atoms with Crippen molar-refractivity contribution in [3.05, 3.63) is 52.2 Å².